The topological polar surface area (TPSA) is 80.9 Å². The summed E-state index contributed by atoms with van der Waals surface area (Å²) in [6.07, 6.45) is 0.831. The van der Waals surface area contributed by atoms with Crippen LogP contribution in [0.4, 0.5) is 0 Å². The molecule has 28 heavy (non-hydrogen) atoms. The molecule has 0 radical (unpaired) electrons. The number of aromatic nitrogens is 1. The molecule has 7 nitrogen and oxygen atoms in total. The SMILES string of the molecule is CN=C(NCCc1c(C)noc1C)NCc1ccc(C)cc1OCCOC.I. The number of ether oxygens (including phenoxy) is 2. The first-order chi connectivity index (χ1) is 13.0. The third-order valence-electron chi connectivity index (χ3n) is 4.29. The molecule has 0 aliphatic rings. The Labute approximate surface area is 184 Å². The van der Waals surface area contributed by atoms with Gasteiger partial charge in [0.05, 0.1) is 12.3 Å². The Balaban J connectivity index is 0.00000392. The average molecular weight is 502 g/mol. The Kier molecular flexibility index (Phi) is 10.9. The van der Waals surface area contributed by atoms with Crippen LogP contribution in [0.5, 0.6) is 5.75 Å². The first kappa shape index (κ1) is 24.2. The number of aliphatic imine (C=N–C) groups is 1. The highest BCUT2D eigenvalue weighted by atomic mass is 127. The highest BCUT2D eigenvalue weighted by Gasteiger charge is 2.09. The number of guanidine groups is 1. The number of methoxy groups -OCH3 is 1. The van der Waals surface area contributed by atoms with Crippen molar-refractivity contribution in [2.24, 2.45) is 4.99 Å². The van der Waals surface area contributed by atoms with E-state index in [1.54, 1.807) is 14.2 Å². The van der Waals surface area contributed by atoms with E-state index in [1.807, 2.05) is 19.9 Å². The summed E-state index contributed by atoms with van der Waals surface area (Å²) in [7, 11) is 3.43. The number of hydrogen-bond donors (Lipinski definition) is 2. The predicted molar refractivity (Wildman–Crippen MR) is 122 cm³/mol. The quantitative estimate of drug-likeness (QED) is 0.238. The first-order valence-electron chi connectivity index (χ1n) is 9.12. The summed E-state index contributed by atoms with van der Waals surface area (Å²) in [5, 5.41) is 10.6. The van der Waals surface area contributed by atoms with Gasteiger partial charge in [-0.25, -0.2) is 0 Å². The average Bonchev–Trinajstić information content (AvgIpc) is 2.97. The molecule has 0 saturated carbocycles. The van der Waals surface area contributed by atoms with Crippen LogP contribution in [0.15, 0.2) is 27.7 Å². The summed E-state index contributed by atoms with van der Waals surface area (Å²) in [5.41, 5.74) is 4.32. The predicted octanol–water partition coefficient (Wildman–Crippen LogP) is 3.15. The minimum atomic E-state index is 0. The van der Waals surface area contributed by atoms with Crippen molar-refractivity contribution in [2.75, 3.05) is 33.9 Å². The van der Waals surface area contributed by atoms with Crippen LogP contribution in [0.25, 0.3) is 0 Å². The molecule has 1 aromatic carbocycles. The van der Waals surface area contributed by atoms with Gasteiger partial charge in [0.25, 0.3) is 0 Å². The molecule has 2 N–H and O–H groups in total. The molecule has 1 aromatic heterocycles. The van der Waals surface area contributed by atoms with Gasteiger partial charge in [-0.1, -0.05) is 17.3 Å². The molecule has 0 aliphatic heterocycles. The molecule has 0 atom stereocenters. The molecule has 8 heteroatoms. The number of nitrogens with zero attached hydrogens (tertiary/aromatic N) is 2. The second kappa shape index (κ2) is 12.6. The fraction of sp³-hybridized carbons (Fsp3) is 0.500. The molecule has 0 unspecified atom stereocenters. The summed E-state index contributed by atoms with van der Waals surface area (Å²) in [5.74, 6) is 2.48. The number of rotatable bonds is 9. The van der Waals surface area contributed by atoms with Crippen molar-refractivity contribution in [3.63, 3.8) is 0 Å². The lowest BCUT2D eigenvalue weighted by Gasteiger charge is -2.15. The number of benzene rings is 1. The van der Waals surface area contributed by atoms with Crippen LogP contribution < -0.4 is 15.4 Å². The molecule has 0 aliphatic carbocycles. The van der Waals surface area contributed by atoms with Crippen molar-refractivity contribution in [3.8, 4) is 5.75 Å². The molecule has 0 spiro atoms. The summed E-state index contributed by atoms with van der Waals surface area (Å²) < 4.78 is 16.1. The van der Waals surface area contributed by atoms with Crippen molar-refractivity contribution in [1.82, 2.24) is 15.8 Å². The van der Waals surface area contributed by atoms with Crippen LogP contribution in [-0.4, -0.2) is 45.0 Å². The fourth-order valence-corrected chi connectivity index (χ4v) is 2.74. The first-order valence-corrected chi connectivity index (χ1v) is 9.12. The lowest BCUT2D eigenvalue weighted by molar-refractivity contribution is 0.145. The van der Waals surface area contributed by atoms with Gasteiger partial charge in [-0.3, -0.25) is 4.99 Å². The maximum absolute atomic E-state index is 5.84. The van der Waals surface area contributed by atoms with Crippen molar-refractivity contribution in [3.05, 3.63) is 46.3 Å². The smallest absolute Gasteiger partial charge is 0.191 e. The van der Waals surface area contributed by atoms with Gasteiger partial charge in [-0.05, 0) is 38.8 Å². The highest BCUT2D eigenvalue weighted by molar-refractivity contribution is 14.0. The molecule has 0 saturated heterocycles. The summed E-state index contributed by atoms with van der Waals surface area (Å²) >= 11 is 0. The van der Waals surface area contributed by atoms with E-state index in [-0.39, 0.29) is 24.0 Å². The largest absolute Gasteiger partial charge is 0.491 e. The number of halogens is 1. The van der Waals surface area contributed by atoms with Crippen LogP contribution in [0.2, 0.25) is 0 Å². The van der Waals surface area contributed by atoms with Gasteiger partial charge in [0.2, 0.25) is 0 Å². The van der Waals surface area contributed by atoms with E-state index >= 15 is 0 Å². The van der Waals surface area contributed by atoms with E-state index in [4.69, 9.17) is 14.0 Å². The van der Waals surface area contributed by atoms with Gasteiger partial charge < -0.3 is 24.6 Å². The zero-order valence-corrected chi connectivity index (χ0v) is 19.6. The lowest BCUT2D eigenvalue weighted by Crippen LogP contribution is -2.38. The van der Waals surface area contributed by atoms with Crippen molar-refractivity contribution < 1.29 is 14.0 Å². The van der Waals surface area contributed by atoms with Gasteiger partial charge in [-0.2, -0.15) is 0 Å². The second-order valence-corrected chi connectivity index (χ2v) is 6.36. The molecular formula is C20H31IN4O3. The molecule has 2 aromatic rings. The van der Waals surface area contributed by atoms with Gasteiger partial charge >= 0.3 is 0 Å². The number of aryl methyl sites for hydroxylation is 3. The van der Waals surface area contributed by atoms with Crippen LogP contribution in [0.3, 0.4) is 0 Å². The maximum Gasteiger partial charge on any atom is 0.191 e. The van der Waals surface area contributed by atoms with Crippen LogP contribution >= 0.6 is 24.0 Å². The summed E-state index contributed by atoms with van der Waals surface area (Å²) in [4.78, 5) is 4.28. The van der Waals surface area contributed by atoms with Crippen LogP contribution in [0, 0.1) is 20.8 Å². The van der Waals surface area contributed by atoms with Crippen molar-refractivity contribution in [2.45, 2.75) is 33.7 Å². The Bertz CT molecular complexity index is 742. The summed E-state index contributed by atoms with van der Waals surface area (Å²) in [6, 6.07) is 6.19. The third kappa shape index (κ3) is 7.31. The number of hydrogen-bond acceptors (Lipinski definition) is 5. The Morgan fingerprint density at radius 3 is 2.61 bits per heavy atom. The highest BCUT2D eigenvalue weighted by Crippen LogP contribution is 2.20. The van der Waals surface area contributed by atoms with Gasteiger partial charge in [0.15, 0.2) is 5.96 Å². The van der Waals surface area contributed by atoms with E-state index in [9.17, 15) is 0 Å². The van der Waals surface area contributed by atoms with E-state index in [2.05, 4.69) is 39.8 Å². The second-order valence-electron chi connectivity index (χ2n) is 6.36. The Morgan fingerprint density at radius 1 is 1.18 bits per heavy atom. The minimum Gasteiger partial charge on any atom is -0.491 e. The lowest BCUT2D eigenvalue weighted by atomic mass is 10.1. The maximum atomic E-state index is 5.84. The number of nitrogens with one attached hydrogen (secondary N) is 2. The fourth-order valence-electron chi connectivity index (χ4n) is 2.74. The van der Waals surface area contributed by atoms with Crippen molar-refractivity contribution in [1.29, 1.82) is 0 Å². The van der Waals surface area contributed by atoms with Crippen LogP contribution in [0.1, 0.15) is 28.1 Å². The van der Waals surface area contributed by atoms with E-state index in [0.717, 1.165) is 52.8 Å². The third-order valence-corrected chi connectivity index (χ3v) is 4.29. The van der Waals surface area contributed by atoms with Crippen molar-refractivity contribution >= 4 is 29.9 Å². The van der Waals surface area contributed by atoms with Gasteiger partial charge in [0, 0.05) is 38.4 Å². The zero-order valence-electron chi connectivity index (χ0n) is 17.3. The Morgan fingerprint density at radius 2 is 1.96 bits per heavy atom. The van der Waals surface area contributed by atoms with Crippen LogP contribution in [-0.2, 0) is 17.7 Å². The van der Waals surface area contributed by atoms with E-state index < -0.39 is 0 Å². The molecule has 2 rings (SSSR count). The Hall–Kier alpha value is -1.81. The monoisotopic (exact) mass is 502 g/mol. The molecular weight excluding hydrogens is 471 g/mol. The van der Waals surface area contributed by atoms with E-state index in [1.165, 1.54) is 0 Å². The minimum absolute atomic E-state index is 0. The van der Waals surface area contributed by atoms with Gasteiger partial charge in [-0.15, -0.1) is 24.0 Å². The molecule has 156 valence electrons. The van der Waals surface area contributed by atoms with Gasteiger partial charge in [0.1, 0.15) is 18.1 Å². The van der Waals surface area contributed by atoms with E-state index in [0.29, 0.717) is 19.8 Å². The molecule has 0 bridgehead atoms. The normalized spacial score (nSPS) is 11.1. The molecule has 0 amide bonds. The standard InChI is InChI=1S/C20H30N4O3.HI/c1-14-6-7-17(19(12-14)26-11-10-25-5)13-23-20(21-4)22-9-8-18-15(2)24-27-16(18)3;/h6-7,12H,8-11,13H2,1-5H3,(H2,21,22,23);1H. The molecule has 1 heterocycles. The zero-order chi connectivity index (χ0) is 19.6. The molecule has 0 fully saturated rings. The summed E-state index contributed by atoms with van der Waals surface area (Å²) in [6.45, 7) is 8.40.